The monoisotopic (exact) mass is 429 g/mol. The number of rotatable bonds is 5. The third-order valence-electron chi connectivity index (χ3n) is 5.92. The molecule has 1 N–H and O–H groups in total. The lowest BCUT2D eigenvalue weighted by Crippen LogP contribution is -2.36. The van der Waals surface area contributed by atoms with Crippen LogP contribution in [-0.4, -0.2) is 65.6 Å². The summed E-state index contributed by atoms with van der Waals surface area (Å²) in [7, 11) is 0. The Bertz CT molecular complexity index is 1050. The molecule has 2 atom stereocenters. The fourth-order valence-electron chi connectivity index (χ4n) is 4.36. The zero-order valence-electron chi connectivity index (χ0n) is 16.5. The highest BCUT2D eigenvalue weighted by Crippen LogP contribution is 2.41. The van der Waals surface area contributed by atoms with Crippen LogP contribution in [0, 0.1) is 5.82 Å². The van der Waals surface area contributed by atoms with Crippen molar-refractivity contribution in [2.75, 3.05) is 31.2 Å². The Balaban J connectivity index is 1.35. The second-order valence-corrected chi connectivity index (χ2v) is 7.65. The molecular formula is C21H20FN3O6. The van der Waals surface area contributed by atoms with E-state index in [-0.39, 0.29) is 18.6 Å². The zero-order valence-corrected chi connectivity index (χ0v) is 16.5. The van der Waals surface area contributed by atoms with E-state index in [9.17, 15) is 14.0 Å². The summed E-state index contributed by atoms with van der Waals surface area (Å²) in [6.07, 6.45) is 3.15. The second kappa shape index (κ2) is 7.69. The number of hydrogen-bond acceptors (Lipinski definition) is 7. The van der Waals surface area contributed by atoms with Crippen molar-refractivity contribution in [3.05, 3.63) is 47.5 Å². The van der Waals surface area contributed by atoms with Gasteiger partial charge in [-0.3, -0.25) is 9.69 Å². The Morgan fingerprint density at radius 3 is 2.97 bits per heavy atom. The third kappa shape index (κ3) is 3.42. The highest BCUT2D eigenvalue weighted by Gasteiger charge is 2.48. The third-order valence-corrected chi connectivity index (χ3v) is 5.92. The zero-order chi connectivity index (χ0) is 21.5. The molecule has 9 nitrogen and oxygen atoms in total. The van der Waals surface area contributed by atoms with E-state index in [0.29, 0.717) is 43.1 Å². The number of ether oxygens (including phenoxy) is 2. The summed E-state index contributed by atoms with van der Waals surface area (Å²) in [4.78, 5) is 27.1. The number of aromatic nitrogens is 1. The number of anilines is 1. The van der Waals surface area contributed by atoms with Crippen LogP contribution in [0.2, 0.25) is 0 Å². The molecule has 31 heavy (non-hydrogen) atoms. The SMILES string of the molecule is O=C(CO)N1CC=C(c2cc3c(cc2F)N2C(=O)O[C@@H](COc4ccon4)C2C3)CC1. The Kier molecular flexibility index (Phi) is 4.85. The maximum absolute atomic E-state index is 15.0. The number of cyclic esters (lactones) is 1. The Labute approximate surface area is 176 Å². The maximum atomic E-state index is 15.0. The molecule has 5 rings (SSSR count). The van der Waals surface area contributed by atoms with Gasteiger partial charge in [-0.2, -0.15) is 0 Å². The van der Waals surface area contributed by atoms with Crippen molar-refractivity contribution in [1.29, 1.82) is 0 Å². The minimum Gasteiger partial charge on any atom is -0.471 e. The summed E-state index contributed by atoms with van der Waals surface area (Å²) in [6.45, 7) is 0.325. The molecule has 1 saturated heterocycles. The van der Waals surface area contributed by atoms with Crippen LogP contribution in [0.4, 0.5) is 14.9 Å². The molecular weight excluding hydrogens is 409 g/mol. The van der Waals surface area contributed by atoms with Gasteiger partial charge < -0.3 is 24.0 Å². The van der Waals surface area contributed by atoms with Crippen LogP contribution in [0.1, 0.15) is 17.5 Å². The van der Waals surface area contributed by atoms with Crippen molar-refractivity contribution in [3.63, 3.8) is 0 Å². The van der Waals surface area contributed by atoms with Gasteiger partial charge in [-0.25, -0.2) is 9.18 Å². The summed E-state index contributed by atoms with van der Waals surface area (Å²) in [6, 6.07) is 4.43. The first-order valence-electron chi connectivity index (χ1n) is 9.98. The molecule has 162 valence electrons. The summed E-state index contributed by atoms with van der Waals surface area (Å²) in [5.74, 6) is -0.471. The number of hydrogen-bond donors (Lipinski definition) is 1. The van der Waals surface area contributed by atoms with Gasteiger partial charge in [0.1, 0.15) is 25.3 Å². The predicted molar refractivity (Wildman–Crippen MR) is 105 cm³/mol. The molecule has 1 aromatic heterocycles. The average molecular weight is 429 g/mol. The Hall–Kier alpha value is -3.40. The van der Waals surface area contributed by atoms with E-state index in [2.05, 4.69) is 5.16 Å². The molecule has 1 aromatic carbocycles. The van der Waals surface area contributed by atoms with E-state index >= 15 is 0 Å². The van der Waals surface area contributed by atoms with E-state index < -0.39 is 24.6 Å². The normalized spacial score (nSPS) is 22.1. The van der Waals surface area contributed by atoms with Crippen LogP contribution < -0.4 is 9.64 Å². The van der Waals surface area contributed by atoms with Gasteiger partial charge >= 0.3 is 6.09 Å². The summed E-state index contributed by atoms with van der Waals surface area (Å²) < 4.78 is 30.7. The van der Waals surface area contributed by atoms with Gasteiger partial charge in [0.15, 0.2) is 6.10 Å². The largest absolute Gasteiger partial charge is 0.471 e. The van der Waals surface area contributed by atoms with Crippen LogP contribution >= 0.6 is 0 Å². The van der Waals surface area contributed by atoms with Gasteiger partial charge in [-0.15, -0.1) is 0 Å². The van der Waals surface area contributed by atoms with Crippen LogP contribution in [0.25, 0.3) is 5.57 Å². The van der Waals surface area contributed by atoms with Gasteiger partial charge in [0.2, 0.25) is 5.91 Å². The van der Waals surface area contributed by atoms with Crippen LogP contribution in [0.5, 0.6) is 5.88 Å². The molecule has 4 heterocycles. The quantitative estimate of drug-likeness (QED) is 0.772. The summed E-state index contributed by atoms with van der Waals surface area (Å²) in [5.41, 5.74) is 2.65. The molecule has 0 saturated carbocycles. The highest BCUT2D eigenvalue weighted by molar-refractivity contribution is 5.94. The van der Waals surface area contributed by atoms with E-state index in [1.807, 2.05) is 0 Å². The molecule has 10 heteroatoms. The van der Waals surface area contributed by atoms with Crippen molar-refractivity contribution >= 4 is 23.3 Å². The van der Waals surface area contributed by atoms with E-state index in [0.717, 1.165) is 11.1 Å². The van der Waals surface area contributed by atoms with E-state index in [4.69, 9.17) is 19.1 Å². The van der Waals surface area contributed by atoms with Gasteiger partial charge in [-0.05, 0) is 41.3 Å². The predicted octanol–water partition coefficient (Wildman–Crippen LogP) is 1.75. The molecule has 3 aliphatic rings. The fourth-order valence-corrected chi connectivity index (χ4v) is 4.36. The maximum Gasteiger partial charge on any atom is 0.415 e. The highest BCUT2D eigenvalue weighted by atomic mass is 19.1. The van der Waals surface area contributed by atoms with Gasteiger partial charge in [-0.1, -0.05) is 6.08 Å². The van der Waals surface area contributed by atoms with Crippen LogP contribution in [-0.2, 0) is 16.0 Å². The average Bonchev–Trinajstić information content (AvgIpc) is 3.49. The number of amides is 2. The molecule has 0 spiro atoms. The van der Waals surface area contributed by atoms with Gasteiger partial charge in [0.05, 0.1) is 11.7 Å². The minimum absolute atomic E-state index is 0.114. The molecule has 0 radical (unpaired) electrons. The van der Waals surface area contributed by atoms with Gasteiger partial charge in [0, 0.05) is 24.7 Å². The number of fused-ring (bicyclic) bond motifs is 3. The second-order valence-electron chi connectivity index (χ2n) is 7.65. The summed E-state index contributed by atoms with van der Waals surface area (Å²) >= 11 is 0. The van der Waals surface area contributed by atoms with Crippen molar-refractivity contribution in [2.45, 2.75) is 25.0 Å². The molecule has 0 aliphatic carbocycles. The Morgan fingerprint density at radius 2 is 2.26 bits per heavy atom. The topological polar surface area (TPSA) is 105 Å². The lowest BCUT2D eigenvalue weighted by Gasteiger charge is -2.26. The standard InChI is InChI=1S/C21H20FN3O6/c22-15-9-16-13(7-14(15)12-1-4-24(5-2-12)20(27)10-26)8-17-18(31-21(28)25(16)17)11-29-19-3-6-30-23-19/h1,3,6-7,9,17-18,26H,2,4-5,8,10-11H2/t17?,18-/m0/s1. The minimum atomic E-state index is -0.536. The van der Waals surface area contributed by atoms with Crippen LogP contribution in [0.3, 0.4) is 0 Å². The molecule has 2 amide bonds. The molecule has 0 bridgehead atoms. The lowest BCUT2D eigenvalue weighted by atomic mass is 9.95. The molecule has 2 aromatic rings. The van der Waals surface area contributed by atoms with Gasteiger partial charge in [0.25, 0.3) is 5.88 Å². The first kappa shape index (κ1) is 19.6. The number of carbonyl (C=O) groups excluding carboxylic acids is 2. The number of benzene rings is 1. The van der Waals surface area contributed by atoms with E-state index in [1.165, 1.54) is 22.1 Å². The number of nitrogens with zero attached hydrogens (tertiary/aromatic N) is 3. The van der Waals surface area contributed by atoms with E-state index in [1.54, 1.807) is 18.2 Å². The lowest BCUT2D eigenvalue weighted by molar-refractivity contribution is -0.133. The van der Waals surface area contributed by atoms with Crippen molar-refractivity contribution in [1.82, 2.24) is 10.1 Å². The van der Waals surface area contributed by atoms with Crippen molar-refractivity contribution in [2.24, 2.45) is 0 Å². The number of carbonyl (C=O) groups is 2. The Morgan fingerprint density at radius 1 is 1.39 bits per heavy atom. The smallest absolute Gasteiger partial charge is 0.415 e. The molecule has 1 fully saturated rings. The molecule has 3 aliphatic heterocycles. The summed E-state index contributed by atoms with van der Waals surface area (Å²) in [5, 5.41) is 12.7. The van der Waals surface area contributed by atoms with Crippen molar-refractivity contribution < 1.29 is 33.1 Å². The fraction of sp³-hybridized carbons (Fsp3) is 0.381. The first-order valence-corrected chi connectivity index (χ1v) is 9.98. The number of aliphatic hydroxyl groups is 1. The number of halogens is 1. The number of aliphatic hydroxyl groups excluding tert-OH is 1. The van der Waals surface area contributed by atoms with Crippen LogP contribution in [0.15, 0.2) is 35.1 Å². The first-order chi connectivity index (χ1) is 15.0. The molecule has 1 unspecified atom stereocenters. The van der Waals surface area contributed by atoms with Crippen molar-refractivity contribution in [3.8, 4) is 5.88 Å².